The van der Waals surface area contributed by atoms with Crippen molar-refractivity contribution in [2.45, 2.75) is 24.9 Å². The summed E-state index contributed by atoms with van der Waals surface area (Å²) in [5.74, 6) is 1.64. The van der Waals surface area contributed by atoms with Gasteiger partial charge in [0.2, 0.25) is 0 Å². The molecule has 2 rings (SSSR count). The lowest BCUT2D eigenvalue weighted by Gasteiger charge is -2.22. The largest absolute Gasteiger partial charge is 0.497 e. The normalized spacial score (nSPS) is 16.4. The summed E-state index contributed by atoms with van der Waals surface area (Å²) < 4.78 is 16.1. The molecule has 1 aromatic carbocycles. The molecule has 0 amide bonds. The third kappa shape index (κ3) is 2.18. The second kappa shape index (κ2) is 5.16. The van der Waals surface area contributed by atoms with E-state index in [2.05, 4.69) is 0 Å². The lowest BCUT2D eigenvalue weighted by Crippen LogP contribution is -2.22. The van der Waals surface area contributed by atoms with Crippen LogP contribution in [0, 0.1) is 0 Å². The SMILES string of the molecule is COCc1cc(OC)cc(OC)c1C1(CN)CC1. The molecule has 0 aliphatic heterocycles. The Morgan fingerprint density at radius 2 is 1.89 bits per heavy atom. The quantitative estimate of drug-likeness (QED) is 0.838. The molecule has 0 aromatic heterocycles. The molecular weight excluding hydrogens is 230 g/mol. The minimum absolute atomic E-state index is 0.0749. The lowest BCUT2D eigenvalue weighted by atomic mass is 9.90. The summed E-state index contributed by atoms with van der Waals surface area (Å²) in [4.78, 5) is 0. The molecule has 0 heterocycles. The van der Waals surface area contributed by atoms with Gasteiger partial charge in [0.1, 0.15) is 11.5 Å². The monoisotopic (exact) mass is 251 g/mol. The second-order valence-electron chi connectivity index (χ2n) is 4.78. The van der Waals surface area contributed by atoms with E-state index in [9.17, 15) is 0 Å². The molecule has 0 spiro atoms. The van der Waals surface area contributed by atoms with Gasteiger partial charge in [-0.05, 0) is 24.5 Å². The number of benzene rings is 1. The van der Waals surface area contributed by atoms with Crippen molar-refractivity contribution in [1.29, 1.82) is 0 Å². The van der Waals surface area contributed by atoms with Crippen molar-refractivity contribution >= 4 is 0 Å². The molecule has 1 aromatic rings. The predicted octanol–water partition coefficient (Wildman–Crippen LogP) is 1.84. The van der Waals surface area contributed by atoms with E-state index in [0.717, 1.165) is 29.9 Å². The number of hydrogen-bond donors (Lipinski definition) is 1. The minimum Gasteiger partial charge on any atom is -0.497 e. The van der Waals surface area contributed by atoms with Crippen molar-refractivity contribution in [3.05, 3.63) is 23.3 Å². The Morgan fingerprint density at radius 1 is 1.17 bits per heavy atom. The Morgan fingerprint density at radius 3 is 2.33 bits per heavy atom. The maximum absolute atomic E-state index is 5.93. The lowest BCUT2D eigenvalue weighted by molar-refractivity contribution is 0.182. The van der Waals surface area contributed by atoms with E-state index in [1.54, 1.807) is 21.3 Å². The smallest absolute Gasteiger partial charge is 0.126 e. The highest BCUT2D eigenvalue weighted by atomic mass is 16.5. The maximum Gasteiger partial charge on any atom is 0.126 e. The molecule has 1 fully saturated rings. The van der Waals surface area contributed by atoms with Gasteiger partial charge < -0.3 is 19.9 Å². The van der Waals surface area contributed by atoms with Crippen LogP contribution in [0.2, 0.25) is 0 Å². The Kier molecular flexibility index (Phi) is 3.78. The van der Waals surface area contributed by atoms with Gasteiger partial charge in [-0.15, -0.1) is 0 Å². The maximum atomic E-state index is 5.93. The summed E-state index contributed by atoms with van der Waals surface area (Å²) in [5.41, 5.74) is 8.31. The Bertz CT molecular complexity index is 427. The van der Waals surface area contributed by atoms with Gasteiger partial charge in [-0.3, -0.25) is 0 Å². The predicted molar refractivity (Wildman–Crippen MR) is 70.2 cm³/mol. The summed E-state index contributed by atoms with van der Waals surface area (Å²) in [5, 5.41) is 0. The van der Waals surface area contributed by atoms with Gasteiger partial charge in [0, 0.05) is 30.7 Å². The molecule has 0 saturated heterocycles. The molecule has 4 nitrogen and oxygen atoms in total. The first-order valence-electron chi connectivity index (χ1n) is 6.15. The van der Waals surface area contributed by atoms with Crippen molar-refractivity contribution in [2.24, 2.45) is 5.73 Å². The van der Waals surface area contributed by atoms with E-state index >= 15 is 0 Å². The van der Waals surface area contributed by atoms with Gasteiger partial charge in [-0.25, -0.2) is 0 Å². The van der Waals surface area contributed by atoms with E-state index in [1.807, 2.05) is 12.1 Å². The summed E-state index contributed by atoms with van der Waals surface area (Å²) in [7, 11) is 5.03. The molecule has 1 aliphatic carbocycles. The van der Waals surface area contributed by atoms with E-state index in [4.69, 9.17) is 19.9 Å². The Labute approximate surface area is 108 Å². The molecule has 0 unspecified atom stereocenters. The molecule has 0 bridgehead atoms. The fourth-order valence-electron chi connectivity index (χ4n) is 2.50. The molecule has 0 radical (unpaired) electrons. The standard InChI is InChI=1S/C14H21NO3/c1-16-8-10-6-11(17-2)7-12(18-3)13(10)14(9-15)4-5-14/h6-7H,4-5,8-9,15H2,1-3H3. The molecule has 0 atom stereocenters. The molecule has 2 N–H and O–H groups in total. The highest BCUT2D eigenvalue weighted by Gasteiger charge is 2.46. The van der Waals surface area contributed by atoms with Crippen LogP contribution in [0.1, 0.15) is 24.0 Å². The highest BCUT2D eigenvalue weighted by molar-refractivity contribution is 5.53. The van der Waals surface area contributed by atoms with E-state index in [-0.39, 0.29) is 5.41 Å². The molecule has 100 valence electrons. The zero-order valence-electron chi connectivity index (χ0n) is 11.3. The van der Waals surface area contributed by atoms with Crippen LogP contribution in [0.3, 0.4) is 0 Å². The van der Waals surface area contributed by atoms with Crippen LogP contribution in [0.15, 0.2) is 12.1 Å². The third-order valence-corrected chi connectivity index (χ3v) is 3.69. The zero-order chi connectivity index (χ0) is 13.2. The Balaban J connectivity index is 2.53. The fraction of sp³-hybridized carbons (Fsp3) is 0.571. The number of hydrogen-bond acceptors (Lipinski definition) is 4. The molecular formula is C14H21NO3. The summed E-state index contributed by atoms with van der Waals surface area (Å²) in [6.07, 6.45) is 2.23. The summed E-state index contributed by atoms with van der Waals surface area (Å²) >= 11 is 0. The van der Waals surface area contributed by atoms with Crippen molar-refractivity contribution < 1.29 is 14.2 Å². The van der Waals surface area contributed by atoms with Gasteiger partial charge >= 0.3 is 0 Å². The molecule has 1 aliphatic rings. The van der Waals surface area contributed by atoms with E-state index < -0.39 is 0 Å². The van der Waals surface area contributed by atoms with Crippen LogP contribution < -0.4 is 15.2 Å². The number of ether oxygens (including phenoxy) is 3. The van der Waals surface area contributed by atoms with Crippen LogP contribution >= 0.6 is 0 Å². The summed E-state index contributed by atoms with van der Waals surface area (Å²) in [6, 6.07) is 3.93. The second-order valence-corrected chi connectivity index (χ2v) is 4.78. The van der Waals surface area contributed by atoms with Crippen molar-refractivity contribution in [2.75, 3.05) is 27.9 Å². The van der Waals surface area contributed by atoms with Crippen molar-refractivity contribution in [1.82, 2.24) is 0 Å². The van der Waals surface area contributed by atoms with Crippen LogP contribution in [0.4, 0.5) is 0 Å². The fourth-order valence-corrected chi connectivity index (χ4v) is 2.50. The van der Waals surface area contributed by atoms with Crippen LogP contribution in [0.5, 0.6) is 11.5 Å². The van der Waals surface area contributed by atoms with Crippen LogP contribution in [-0.4, -0.2) is 27.9 Å². The van der Waals surface area contributed by atoms with Crippen molar-refractivity contribution in [3.8, 4) is 11.5 Å². The van der Waals surface area contributed by atoms with Crippen molar-refractivity contribution in [3.63, 3.8) is 0 Å². The first-order chi connectivity index (χ1) is 8.70. The molecule has 18 heavy (non-hydrogen) atoms. The third-order valence-electron chi connectivity index (χ3n) is 3.69. The zero-order valence-corrected chi connectivity index (χ0v) is 11.3. The van der Waals surface area contributed by atoms with Crippen LogP contribution in [-0.2, 0) is 16.8 Å². The van der Waals surface area contributed by atoms with Gasteiger partial charge in [-0.2, -0.15) is 0 Å². The first-order valence-corrected chi connectivity index (χ1v) is 6.15. The summed E-state index contributed by atoms with van der Waals surface area (Å²) in [6.45, 7) is 1.19. The Hall–Kier alpha value is -1.26. The van der Waals surface area contributed by atoms with Gasteiger partial charge in [0.15, 0.2) is 0 Å². The number of nitrogens with two attached hydrogens (primary N) is 1. The van der Waals surface area contributed by atoms with Gasteiger partial charge in [0.05, 0.1) is 20.8 Å². The number of methoxy groups -OCH3 is 3. The molecule has 4 heteroatoms. The average molecular weight is 251 g/mol. The number of rotatable bonds is 6. The minimum atomic E-state index is 0.0749. The van der Waals surface area contributed by atoms with E-state index in [1.165, 1.54) is 5.56 Å². The van der Waals surface area contributed by atoms with Gasteiger partial charge in [0.25, 0.3) is 0 Å². The van der Waals surface area contributed by atoms with E-state index in [0.29, 0.717) is 13.2 Å². The molecule has 1 saturated carbocycles. The van der Waals surface area contributed by atoms with Crippen LogP contribution in [0.25, 0.3) is 0 Å². The highest BCUT2D eigenvalue weighted by Crippen LogP contribution is 2.52. The first kappa shape index (κ1) is 13.2. The topological polar surface area (TPSA) is 53.7 Å². The van der Waals surface area contributed by atoms with Gasteiger partial charge in [-0.1, -0.05) is 0 Å². The average Bonchev–Trinajstić information content (AvgIpc) is 3.19.